The highest BCUT2D eigenvalue weighted by atomic mass is 16.5. The second-order valence-corrected chi connectivity index (χ2v) is 8.92. The Morgan fingerprint density at radius 1 is 1.03 bits per heavy atom. The number of methoxy groups -OCH3 is 1. The molecule has 36 heavy (non-hydrogen) atoms. The first-order valence-electron chi connectivity index (χ1n) is 11.7. The zero-order chi connectivity index (χ0) is 25.8. The van der Waals surface area contributed by atoms with Gasteiger partial charge in [-0.05, 0) is 81.6 Å². The van der Waals surface area contributed by atoms with Gasteiger partial charge in [-0.1, -0.05) is 24.3 Å². The number of nitrogens with zero attached hydrogens (tertiary/aromatic N) is 3. The molecule has 7 heteroatoms. The van der Waals surface area contributed by atoms with E-state index in [4.69, 9.17) is 14.5 Å². The molecule has 4 rings (SSSR count). The maximum absolute atomic E-state index is 13.7. The Labute approximate surface area is 210 Å². The molecule has 0 unspecified atom stereocenters. The molecule has 0 aliphatic rings. The van der Waals surface area contributed by atoms with Crippen molar-refractivity contribution < 1.29 is 14.6 Å². The average molecular weight is 486 g/mol. The van der Waals surface area contributed by atoms with Gasteiger partial charge in [-0.3, -0.25) is 9.36 Å². The summed E-state index contributed by atoms with van der Waals surface area (Å²) in [5, 5.41) is 11.1. The highest BCUT2D eigenvalue weighted by Gasteiger charge is 2.16. The van der Waals surface area contributed by atoms with Crippen LogP contribution in [0.4, 0.5) is 0 Å². The third-order valence-electron chi connectivity index (χ3n) is 5.96. The van der Waals surface area contributed by atoms with Gasteiger partial charge in [-0.15, -0.1) is 0 Å². The Hall–Kier alpha value is -4.10. The van der Waals surface area contributed by atoms with Gasteiger partial charge in [0.25, 0.3) is 5.56 Å². The lowest BCUT2D eigenvalue weighted by Gasteiger charge is -2.18. The molecule has 4 aromatic rings. The van der Waals surface area contributed by atoms with Crippen LogP contribution in [0.5, 0.6) is 17.2 Å². The number of rotatable bonds is 8. The van der Waals surface area contributed by atoms with Crippen molar-refractivity contribution in [2.45, 2.75) is 13.8 Å². The summed E-state index contributed by atoms with van der Waals surface area (Å²) in [5.41, 5.74) is 3.55. The lowest BCUT2D eigenvalue weighted by Crippen LogP contribution is -2.24. The molecule has 3 aromatic carbocycles. The molecule has 1 N–H and O–H groups in total. The second-order valence-electron chi connectivity index (χ2n) is 8.92. The molecule has 0 amide bonds. The van der Waals surface area contributed by atoms with Crippen LogP contribution in [0.3, 0.4) is 0 Å². The SMILES string of the molecule is COc1cccc(C=Cc2nc3ccccc3c(=O)n2-c2c(C)cc(OCCN(C)C)cc2C)c1O. The second kappa shape index (κ2) is 10.7. The fourth-order valence-corrected chi connectivity index (χ4v) is 4.18. The van der Waals surface area contributed by atoms with Crippen LogP contribution >= 0.6 is 0 Å². The van der Waals surface area contributed by atoms with Crippen LogP contribution in [0.25, 0.3) is 28.7 Å². The number of aryl methyl sites for hydroxylation is 2. The van der Waals surface area contributed by atoms with Crippen LogP contribution in [-0.4, -0.2) is 53.9 Å². The summed E-state index contributed by atoms with van der Waals surface area (Å²) in [6.45, 7) is 5.30. The molecule has 0 saturated carbocycles. The first kappa shape index (κ1) is 25.0. The predicted octanol–water partition coefficient (Wildman–Crippen LogP) is 4.83. The molecule has 186 valence electrons. The van der Waals surface area contributed by atoms with Crippen molar-refractivity contribution in [1.82, 2.24) is 14.5 Å². The number of hydrogen-bond acceptors (Lipinski definition) is 6. The third-order valence-corrected chi connectivity index (χ3v) is 5.96. The minimum Gasteiger partial charge on any atom is -0.504 e. The molecular weight excluding hydrogens is 454 g/mol. The number of hydrogen-bond donors (Lipinski definition) is 1. The number of ether oxygens (including phenoxy) is 2. The lowest BCUT2D eigenvalue weighted by atomic mass is 10.1. The summed E-state index contributed by atoms with van der Waals surface area (Å²) >= 11 is 0. The van der Waals surface area contributed by atoms with Gasteiger partial charge in [0.1, 0.15) is 18.2 Å². The van der Waals surface area contributed by atoms with Crippen LogP contribution in [0.1, 0.15) is 22.5 Å². The van der Waals surface area contributed by atoms with Gasteiger partial charge in [-0.2, -0.15) is 0 Å². The molecule has 0 radical (unpaired) electrons. The fourth-order valence-electron chi connectivity index (χ4n) is 4.18. The number of likely N-dealkylation sites (N-methyl/N-ethyl adjacent to an activating group) is 1. The highest BCUT2D eigenvalue weighted by Crippen LogP contribution is 2.31. The van der Waals surface area contributed by atoms with E-state index in [1.54, 1.807) is 41.0 Å². The number of para-hydroxylation sites is 2. The van der Waals surface area contributed by atoms with E-state index in [0.29, 0.717) is 34.6 Å². The Kier molecular flexibility index (Phi) is 7.41. The van der Waals surface area contributed by atoms with Crippen molar-refractivity contribution in [3.8, 4) is 22.9 Å². The molecule has 0 atom stereocenters. The summed E-state index contributed by atoms with van der Waals surface area (Å²) in [6.07, 6.45) is 3.47. The summed E-state index contributed by atoms with van der Waals surface area (Å²) in [4.78, 5) is 20.6. The molecule has 1 heterocycles. The van der Waals surface area contributed by atoms with E-state index in [1.165, 1.54) is 7.11 Å². The molecule has 0 aliphatic heterocycles. The molecule has 0 aliphatic carbocycles. The molecule has 0 spiro atoms. The number of aromatic hydroxyl groups is 1. The lowest BCUT2D eigenvalue weighted by molar-refractivity contribution is 0.261. The van der Waals surface area contributed by atoms with Crippen LogP contribution in [0.15, 0.2) is 59.4 Å². The zero-order valence-electron chi connectivity index (χ0n) is 21.3. The average Bonchev–Trinajstić information content (AvgIpc) is 2.84. The maximum Gasteiger partial charge on any atom is 0.266 e. The number of benzene rings is 3. The van der Waals surface area contributed by atoms with Gasteiger partial charge in [0.05, 0.1) is 23.7 Å². The molecule has 1 aromatic heterocycles. The monoisotopic (exact) mass is 485 g/mol. The van der Waals surface area contributed by atoms with E-state index < -0.39 is 0 Å². The maximum atomic E-state index is 13.7. The van der Waals surface area contributed by atoms with Crippen LogP contribution in [-0.2, 0) is 0 Å². The number of aromatic nitrogens is 2. The Morgan fingerprint density at radius 2 is 1.75 bits per heavy atom. The molecule has 0 saturated heterocycles. The van der Waals surface area contributed by atoms with Gasteiger partial charge < -0.3 is 19.5 Å². The smallest absolute Gasteiger partial charge is 0.266 e. The van der Waals surface area contributed by atoms with Crippen molar-refractivity contribution >= 4 is 23.1 Å². The number of phenolic OH excluding ortho intramolecular Hbond substituents is 1. The molecule has 0 bridgehead atoms. The standard InChI is InChI=1S/C29H31N3O4/c1-19-17-22(36-16-15-31(3)4)18-20(2)27(19)32-26(30-24-11-7-6-10-23(24)29(32)34)14-13-21-9-8-12-25(35-5)28(21)33/h6-14,17-18,33H,15-16H2,1-5H3. The quantitative estimate of drug-likeness (QED) is 0.385. The topological polar surface area (TPSA) is 76.8 Å². The van der Waals surface area contributed by atoms with E-state index in [0.717, 1.165) is 29.1 Å². The van der Waals surface area contributed by atoms with Crippen molar-refractivity contribution in [3.63, 3.8) is 0 Å². The largest absolute Gasteiger partial charge is 0.504 e. The van der Waals surface area contributed by atoms with Crippen molar-refractivity contribution in [3.05, 3.63) is 87.5 Å². The van der Waals surface area contributed by atoms with Crippen molar-refractivity contribution in [2.75, 3.05) is 34.4 Å². The molecule has 7 nitrogen and oxygen atoms in total. The van der Waals surface area contributed by atoms with E-state index in [9.17, 15) is 9.90 Å². The zero-order valence-corrected chi connectivity index (χ0v) is 21.3. The van der Waals surface area contributed by atoms with E-state index >= 15 is 0 Å². The van der Waals surface area contributed by atoms with Crippen LogP contribution in [0, 0.1) is 13.8 Å². The van der Waals surface area contributed by atoms with Gasteiger partial charge in [-0.25, -0.2) is 4.98 Å². The minimum absolute atomic E-state index is 0.0255. The van der Waals surface area contributed by atoms with E-state index in [1.807, 2.05) is 58.3 Å². The van der Waals surface area contributed by atoms with Gasteiger partial charge in [0.2, 0.25) is 0 Å². The summed E-state index contributed by atoms with van der Waals surface area (Å²) < 4.78 is 12.8. The third kappa shape index (κ3) is 5.11. The first-order chi connectivity index (χ1) is 17.3. The van der Waals surface area contributed by atoms with Gasteiger partial charge >= 0.3 is 0 Å². The van der Waals surface area contributed by atoms with Crippen molar-refractivity contribution in [2.24, 2.45) is 0 Å². The van der Waals surface area contributed by atoms with Gasteiger partial charge in [0, 0.05) is 12.1 Å². The summed E-state index contributed by atoms with van der Waals surface area (Å²) in [5.74, 6) is 1.61. The number of phenols is 1. The molecule has 0 fully saturated rings. The number of fused-ring (bicyclic) bond motifs is 1. The van der Waals surface area contributed by atoms with Crippen LogP contribution in [0.2, 0.25) is 0 Å². The predicted molar refractivity (Wildman–Crippen MR) is 144 cm³/mol. The first-order valence-corrected chi connectivity index (χ1v) is 11.7. The van der Waals surface area contributed by atoms with Crippen molar-refractivity contribution in [1.29, 1.82) is 0 Å². The Balaban J connectivity index is 1.86. The Bertz CT molecular complexity index is 1470. The minimum atomic E-state index is -0.164. The normalized spacial score (nSPS) is 11.5. The highest BCUT2D eigenvalue weighted by molar-refractivity contribution is 5.81. The van der Waals surface area contributed by atoms with E-state index in [-0.39, 0.29) is 11.3 Å². The van der Waals surface area contributed by atoms with E-state index in [2.05, 4.69) is 4.90 Å². The Morgan fingerprint density at radius 3 is 2.44 bits per heavy atom. The summed E-state index contributed by atoms with van der Waals surface area (Å²) in [7, 11) is 5.51. The molecular formula is C29H31N3O4. The van der Waals surface area contributed by atoms with Crippen LogP contribution < -0.4 is 15.0 Å². The fraction of sp³-hybridized carbons (Fsp3) is 0.241. The van der Waals surface area contributed by atoms with Gasteiger partial charge in [0.15, 0.2) is 11.5 Å². The summed E-state index contributed by atoms with van der Waals surface area (Å²) in [6, 6.07) is 16.4.